The van der Waals surface area contributed by atoms with E-state index in [-0.39, 0.29) is 11.9 Å². The van der Waals surface area contributed by atoms with E-state index in [2.05, 4.69) is 20.0 Å². The van der Waals surface area contributed by atoms with Gasteiger partial charge in [0.15, 0.2) is 0 Å². The Labute approximate surface area is 144 Å². The monoisotopic (exact) mass is 339 g/mol. The van der Waals surface area contributed by atoms with E-state index in [0.717, 1.165) is 37.3 Å². The molecule has 0 amide bonds. The minimum absolute atomic E-state index is 0.272. The molecule has 0 spiro atoms. The van der Waals surface area contributed by atoms with E-state index in [1.807, 2.05) is 12.1 Å². The Balaban J connectivity index is 1.58. The van der Waals surface area contributed by atoms with Crippen molar-refractivity contribution in [2.24, 2.45) is 5.73 Å². The van der Waals surface area contributed by atoms with Crippen molar-refractivity contribution in [2.45, 2.75) is 18.9 Å². The first-order valence-corrected chi connectivity index (χ1v) is 8.25. The van der Waals surface area contributed by atoms with Crippen LogP contribution in [0.2, 0.25) is 0 Å². The Morgan fingerprint density at radius 3 is 2.60 bits per heavy atom. The van der Waals surface area contributed by atoms with Crippen LogP contribution in [0.25, 0.3) is 22.8 Å². The summed E-state index contributed by atoms with van der Waals surface area (Å²) in [6.07, 6.45) is 3.66. The Morgan fingerprint density at radius 2 is 1.84 bits per heavy atom. The van der Waals surface area contributed by atoms with Crippen LogP contribution in [-0.2, 0) is 0 Å². The highest BCUT2D eigenvalue weighted by atomic mass is 19.1. The van der Waals surface area contributed by atoms with E-state index in [0.29, 0.717) is 17.3 Å². The van der Waals surface area contributed by atoms with Gasteiger partial charge in [0.25, 0.3) is 5.89 Å². The van der Waals surface area contributed by atoms with Crippen molar-refractivity contribution in [2.75, 3.05) is 18.0 Å². The number of rotatable bonds is 3. The van der Waals surface area contributed by atoms with Crippen molar-refractivity contribution in [1.82, 2.24) is 15.1 Å². The van der Waals surface area contributed by atoms with Gasteiger partial charge in [-0.05, 0) is 49.2 Å². The van der Waals surface area contributed by atoms with Crippen LogP contribution in [0.5, 0.6) is 0 Å². The summed E-state index contributed by atoms with van der Waals surface area (Å²) in [6.45, 7) is 1.78. The molecule has 0 aliphatic carbocycles. The summed E-state index contributed by atoms with van der Waals surface area (Å²) in [5, 5.41) is 3.99. The molecular formula is C18H18FN5O. The fourth-order valence-electron chi connectivity index (χ4n) is 2.91. The van der Waals surface area contributed by atoms with E-state index < -0.39 is 0 Å². The number of pyridine rings is 1. The molecule has 128 valence electrons. The summed E-state index contributed by atoms with van der Waals surface area (Å²) < 4.78 is 18.4. The van der Waals surface area contributed by atoms with Crippen LogP contribution < -0.4 is 10.6 Å². The Bertz CT molecular complexity index is 856. The van der Waals surface area contributed by atoms with Crippen molar-refractivity contribution in [3.05, 3.63) is 48.4 Å². The molecule has 2 N–H and O–H groups in total. The zero-order valence-electron chi connectivity index (χ0n) is 13.6. The average Bonchev–Trinajstić information content (AvgIpc) is 3.13. The molecule has 0 saturated carbocycles. The second-order valence-corrected chi connectivity index (χ2v) is 6.16. The number of hydrogen-bond acceptors (Lipinski definition) is 6. The van der Waals surface area contributed by atoms with Crippen LogP contribution >= 0.6 is 0 Å². The maximum Gasteiger partial charge on any atom is 0.258 e. The van der Waals surface area contributed by atoms with Crippen molar-refractivity contribution in [3.63, 3.8) is 0 Å². The van der Waals surface area contributed by atoms with Crippen LogP contribution in [0.15, 0.2) is 47.1 Å². The van der Waals surface area contributed by atoms with Gasteiger partial charge in [-0.15, -0.1) is 0 Å². The molecule has 4 rings (SSSR count). The molecule has 0 radical (unpaired) electrons. The van der Waals surface area contributed by atoms with Crippen molar-refractivity contribution in [1.29, 1.82) is 0 Å². The smallest absolute Gasteiger partial charge is 0.258 e. The van der Waals surface area contributed by atoms with Crippen LogP contribution in [-0.4, -0.2) is 34.3 Å². The number of halogens is 1. The van der Waals surface area contributed by atoms with E-state index >= 15 is 0 Å². The fraction of sp³-hybridized carbons (Fsp3) is 0.278. The number of aromatic nitrogens is 3. The van der Waals surface area contributed by atoms with Gasteiger partial charge in [0, 0.05) is 36.5 Å². The number of anilines is 1. The van der Waals surface area contributed by atoms with Crippen LogP contribution in [0.1, 0.15) is 12.8 Å². The van der Waals surface area contributed by atoms with E-state index in [1.165, 1.54) is 12.1 Å². The van der Waals surface area contributed by atoms with Gasteiger partial charge in [-0.3, -0.25) is 0 Å². The molecule has 1 aliphatic rings. The van der Waals surface area contributed by atoms with Gasteiger partial charge in [-0.25, -0.2) is 9.37 Å². The van der Waals surface area contributed by atoms with Gasteiger partial charge < -0.3 is 15.2 Å². The lowest BCUT2D eigenvalue weighted by molar-refractivity contribution is 0.432. The Hall–Kier alpha value is -2.80. The molecule has 0 bridgehead atoms. The number of nitrogens with two attached hydrogens (primary N) is 1. The quantitative estimate of drug-likeness (QED) is 0.790. The molecule has 3 heterocycles. The van der Waals surface area contributed by atoms with Gasteiger partial charge in [0.2, 0.25) is 5.82 Å². The van der Waals surface area contributed by atoms with Crippen molar-refractivity contribution in [3.8, 4) is 22.8 Å². The second-order valence-electron chi connectivity index (χ2n) is 6.16. The summed E-state index contributed by atoms with van der Waals surface area (Å²) >= 11 is 0. The lowest BCUT2D eigenvalue weighted by Gasteiger charge is -2.31. The highest BCUT2D eigenvalue weighted by Crippen LogP contribution is 2.25. The first-order chi connectivity index (χ1) is 12.2. The Morgan fingerprint density at radius 1 is 1.08 bits per heavy atom. The normalized spacial score (nSPS) is 15.5. The van der Waals surface area contributed by atoms with Crippen LogP contribution in [0.4, 0.5) is 10.2 Å². The highest BCUT2D eigenvalue weighted by Gasteiger charge is 2.18. The number of piperidine rings is 1. The third kappa shape index (κ3) is 3.36. The molecule has 25 heavy (non-hydrogen) atoms. The minimum Gasteiger partial charge on any atom is -0.356 e. The van der Waals surface area contributed by atoms with Gasteiger partial charge in [0.1, 0.15) is 11.6 Å². The average molecular weight is 339 g/mol. The van der Waals surface area contributed by atoms with Crippen LogP contribution in [0.3, 0.4) is 0 Å². The third-order valence-corrected chi connectivity index (χ3v) is 4.38. The standard InChI is InChI=1S/C18H18FN5O/c19-14-3-1-12(2-4-14)17-22-18(25-23-17)13-5-8-21-16(11-13)24-9-6-15(20)7-10-24/h1-5,8,11,15H,6-7,9-10,20H2. The van der Waals surface area contributed by atoms with Gasteiger partial charge >= 0.3 is 0 Å². The van der Waals surface area contributed by atoms with E-state index in [4.69, 9.17) is 10.3 Å². The first-order valence-electron chi connectivity index (χ1n) is 8.25. The van der Waals surface area contributed by atoms with Gasteiger partial charge in [-0.2, -0.15) is 4.98 Å². The second kappa shape index (κ2) is 6.60. The molecule has 0 atom stereocenters. The van der Waals surface area contributed by atoms with Crippen molar-refractivity contribution < 1.29 is 8.91 Å². The maximum atomic E-state index is 13.0. The lowest BCUT2D eigenvalue weighted by Crippen LogP contribution is -2.40. The molecule has 6 nitrogen and oxygen atoms in total. The molecule has 1 aliphatic heterocycles. The van der Waals surface area contributed by atoms with Gasteiger partial charge in [-0.1, -0.05) is 5.16 Å². The topological polar surface area (TPSA) is 81.1 Å². The summed E-state index contributed by atoms with van der Waals surface area (Å²) in [5.41, 5.74) is 7.47. The number of hydrogen-bond donors (Lipinski definition) is 1. The zero-order valence-corrected chi connectivity index (χ0v) is 13.6. The maximum absolute atomic E-state index is 13.0. The molecule has 0 unspecified atom stereocenters. The summed E-state index contributed by atoms with van der Waals surface area (Å²) in [7, 11) is 0. The molecule has 1 aromatic carbocycles. The molecular weight excluding hydrogens is 321 g/mol. The Kier molecular flexibility index (Phi) is 4.15. The predicted molar refractivity (Wildman–Crippen MR) is 92.3 cm³/mol. The third-order valence-electron chi connectivity index (χ3n) is 4.38. The molecule has 7 heteroatoms. The minimum atomic E-state index is -0.299. The molecule has 1 saturated heterocycles. The molecule has 3 aromatic rings. The van der Waals surface area contributed by atoms with Gasteiger partial charge in [0.05, 0.1) is 0 Å². The van der Waals surface area contributed by atoms with E-state index in [9.17, 15) is 4.39 Å². The SMILES string of the molecule is NC1CCN(c2cc(-c3nc(-c4ccc(F)cc4)no3)ccn2)CC1. The highest BCUT2D eigenvalue weighted by molar-refractivity contribution is 5.62. The number of nitrogens with zero attached hydrogens (tertiary/aromatic N) is 4. The number of benzene rings is 1. The first kappa shape index (κ1) is 15.7. The van der Waals surface area contributed by atoms with E-state index in [1.54, 1.807) is 18.3 Å². The lowest BCUT2D eigenvalue weighted by atomic mass is 10.1. The summed E-state index contributed by atoms with van der Waals surface area (Å²) in [6, 6.07) is 10.0. The predicted octanol–water partition coefficient (Wildman–Crippen LogP) is 2.87. The van der Waals surface area contributed by atoms with Crippen molar-refractivity contribution >= 4 is 5.82 Å². The molecule has 2 aromatic heterocycles. The zero-order chi connectivity index (χ0) is 17.2. The largest absolute Gasteiger partial charge is 0.356 e. The molecule has 1 fully saturated rings. The fourth-order valence-corrected chi connectivity index (χ4v) is 2.91. The van der Waals surface area contributed by atoms with Crippen LogP contribution in [0, 0.1) is 5.82 Å². The summed E-state index contributed by atoms with van der Waals surface area (Å²) in [5.74, 6) is 1.42. The summed E-state index contributed by atoms with van der Waals surface area (Å²) in [4.78, 5) is 11.1.